The Labute approximate surface area is 129 Å². The number of hydrogen-bond acceptors (Lipinski definition) is 3. The van der Waals surface area contributed by atoms with Crippen LogP contribution >= 0.6 is 15.9 Å². The van der Waals surface area contributed by atoms with Gasteiger partial charge in [0.2, 0.25) is 10.0 Å². The van der Waals surface area contributed by atoms with Crippen molar-refractivity contribution in [3.8, 4) is 0 Å². The first kappa shape index (κ1) is 15.9. The van der Waals surface area contributed by atoms with E-state index < -0.39 is 10.0 Å². The molecule has 112 valence electrons. The van der Waals surface area contributed by atoms with Crippen molar-refractivity contribution in [1.29, 1.82) is 0 Å². The Kier molecular flexibility index (Phi) is 5.23. The monoisotopic (exact) mass is 360 g/mol. The molecule has 0 bridgehead atoms. The molecular formula is C14H21BrN2O2S. The maximum absolute atomic E-state index is 12.7. The van der Waals surface area contributed by atoms with E-state index in [0.717, 1.165) is 18.4 Å². The largest absolute Gasteiger partial charge is 0.316 e. The zero-order valence-electron chi connectivity index (χ0n) is 11.9. The summed E-state index contributed by atoms with van der Waals surface area (Å²) in [5.74, 6) is 0.612. The molecule has 4 nitrogen and oxygen atoms in total. The minimum atomic E-state index is -3.40. The van der Waals surface area contributed by atoms with Crippen LogP contribution in [0.3, 0.4) is 0 Å². The summed E-state index contributed by atoms with van der Waals surface area (Å²) in [5.41, 5.74) is 0.972. The van der Waals surface area contributed by atoms with E-state index in [0.29, 0.717) is 34.9 Å². The van der Waals surface area contributed by atoms with Crippen LogP contribution in [0.25, 0.3) is 0 Å². The van der Waals surface area contributed by atoms with Gasteiger partial charge >= 0.3 is 0 Å². The highest BCUT2D eigenvalue weighted by Crippen LogP contribution is 2.29. The Morgan fingerprint density at radius 1 is 1.35 bits per heavy atom. The smallest absolute Gasteiger partial charge is 0.244 e. The van der Waals surface area contributed by atoms with Gasteiger partial charge < -0.3 is 5.32 Å². The van der Waals surface area contributed by atoms with E-state index in [1.807, 2.05) is 19.2 Å². The molecule has 0 aromatic heterocycles. The molecule has 0 atom stereocenters. The van der Waals surface area contributed by atoms with E-state index in [2.05, 4.69) is 28.2 Å². The van der Waals surface area contributed by atoms with Crippen LogP contribution in [0.1, 0.15) is 25.3 Å². The fraction of sp³-hybridized carbons (Fsp3) is 0.571. The van der Waals surface area contributed by atoms with E-state index in [1.54, 1.807) is 10.4 Å². The summed E-state index contributed by atoms with van der Waals surface area (Å²) < 4.78 is 27.7. The summed E-state index contributed by atoms with van der Waals surface area (Å²) in [5, 5.41) is 3.04. The first-order valence-electron chi connectivity index (χ1n) is 6.88. The Bertz CT molecular complexity index is 567. The molecule has 20 heavy (non-hydrogen) atoms. The molecule has 1 aromatic rings. The maximum Gasteiger partial charge on any atom is 0.244 e. The van der Waals surface area contributed by atoms with Crippen molar-refractivity contribution in [2.45, 2.75) is 31.2 Å². The van der Waals surface area contributed by atoms with Crippen LogP contribution in [0.5, 0.6) is 0 Å². The molecular weight excluding hydrogens is 340 g/mol. The number of piperidine rings is 1. The summed E-state index contributed by atoms with van der Waals surface area (Å²) in [6, 6.07) is 5.50. The highest BCUT2D eigenvalue weighted by atomic mass is 79.9. The number of hydrogen-bond donors (Lipinski definition) is 1. The molecule has 6 heteroatoms. The average molecular weight is 361 g/mol. The molecule has 1 N–H and O–H groups in total. The third-order valence-electron chi connectivity index (χ3n) is 3.74. The van der Waals surface area contributed by atoms with Gasteiger partial charge in [-0.3, -0.25) is 0 Å². The summed E-state index contributed by atoms with van der Waals surface area (Å²) in [7, 11) is -1.55. The van der Waals surface area contributed by atoms with E-state index in [1.165, 1.54) is 0 Å². The topological polar surface area (TPSA) is 49.4 Å². The van der Waals surface area contributed by atoms with Crippen LogP contribution in [-0.2, 0) is 16.6 Å². The zero-order chi connectivity index (χ0) is 14.8. The molecule has 1 fully saturated rings. The van der Waals surface area contributed by atoms with Gasteiger partial charge in [0, 0.05) is 24.1 Å². The number of nitrogens with one attached hydrogen (secondary N) is 1. The van der Waals surface area contributed by atoms with Gasteiger partial charge in [0.1, 0.15) is 0 Å². The van der Waals surface area contributed by atoms with Crippen LogP contribution in [0.15, 0.2) is 27.6 Å². The molecule has 0 radical (unpaired) electrons. The third-order valence-corrected chi connectivity index (χ3v) is 6.63. The van der Waals surface area contributed by atoms with Crippen LogP contribution in [0.2, 0.25) is 0 Å². The van der Waals surface area contributed by atoms with Crippen molar-refractivity contribution in [2.75, 3.05) is 20.1 Å². The van der Waals surface area contributed by atoms with Crippen molar-refractivity contribution in [1.82, 2.24) is 9.62 Å². The number of nitrogens with zero attached hydrogens (tertiary/aromatic N) is 1. The van der Waals surface area contributed by atoms with Crippen molar-refractivity contribution < 1.29 is 8.42 Å². The zero-order valence-corrected chi connectivity index (χ0v) is 14.3. The predicted molar refractivity (Wildman–Crippen MR) is 84.1 cm³/mol. The van der Waals surface area contributed by atoms with Crippen LogP contribution in [-0.4, -0.2) is 32.9 Å². The van der Waals surface area contributed by atoms with Gasteiger partial charge in [0.05, 0.1) is 4.90 Å². The number of halogens is 1. The minimum absolute atomic E-state index is 0.375. The Balaban J connectivity index is 2.31. The lowest BCUT2D eigenvalue weighted by Crippen LogP contribution is -2.38. The first-order valence-corrected chi connectivity index (χ1v) is 9.11. The minimum Gasteiger partial charge on any atom is -0.316 e. The lowest BCUT2D eigenvalue weighted by atomic mass is 10.0. The van der Waals surface area contributed by atoms with Crippen LogP contribution in [0, 0.1) is 5.92 Å². The first-order chi connectivity index (χ1) is 9.45. The van der Waals surface area contributed by atoms with E-state index in [-0.39, 0.29) is 0 Å². The van der Waals surface area contributed by atoms with Crippen molar-refractivity contribution in [3.63, 3.8) is 0 Å². The van der Waals surface area contributed by atoms with Gasteiger partial charge in [0.15, 0.2) is 0 Å². The predicted octanol–water partition coefficient (Wildman–Crippen LogP) is 2.59. The van der Waals surface area contributed by atoms with Gasteiger partial charge in [-0.15, -0.1) is 0 Å². The fourth-order valence-corrected chi connectivity index (χ4v) is 4.87. The number of rotatable bonds is 4. The lowest BCUT2D eigenvalue weighted by Gasteiger charge is -2.29. The molecule has 2 rings (SSSR count). The SMILES string of the molecule is CNCc1ccc(Br)c(S(=O)(=O)N2CCC(C)CC2)c1. The summed E-state index contributed by atoms with van der Waals surface area (Å²) in [6.45, 7) is 4.07. The summed E-state index contributed by atoms with van der Waals surface area (Å²) >= 11 is 3.37. The molecule has 1 aromatic carbocycles. The molecule has 0 aliphatic carbocycles. The molecule has 1 heterocycles. The molecule has 0 spiro atoms. The second kappa shape index (κ2) is 6.56. The Hall–Kier alpha value is -0.430. The summed E-state index contributed by atoms with van der Waals surface area (Å²) in [4.78, 5) is 0.375. The Morgan fingerprint density at radius 3 is 2.60 bits per heavy atom. The van der Waals surface area contributed by atoms with Gasteiger partial charge in [-0.05, 0) is 59.4 Å². The van der Waals surface area contributed by atoms with Gasteiger partial charge in [0.25, 0.3) is 0 Å². The third kappa shape index (κ3) is 3.42. The van der Waals surface area contributed by atoms with Crippen molar-refractivity contribution in [2.24, 2.45) is 5.92 Å². The molecule has 0 saturated carbocycles. The Morgan fingerprint density at radius 2 is 2.00 bits per heavy atom. The second-order valence-corrected chi connectivity index (χ2v) is 8.14. The van der Waals surface area contributed by atoms with Gasteiger partial charge in [-0.25, -0.2) is 8.42 Å². The molecule has 0 unspecified atom stereocenters. The number of benzene rings is 1. The van der Waals surface area contributed by atoms with Crippen molar-refractivity contribution in [3.05, 3.63) is 28.2 Å². The van der Waals surface area contributed by atoms with Crippen molar-refractivity contribution >= 4 is 26.0 Å². The molecule has 1 saturated heterocycles. The number of sulfonamides is 1. The lowest BCUT2D eigenvalue weighted by molar-refractivity contribution is 0.288. The quantitative estimate of drug-likeness (QED) is 0.897. The maximum atomic E-state index is 12.7. The van der Waals surface area contributed by atoms with Gasteiger partial charge in [-0.1, -0.05) is 13.0 Å². The van der Waals surface area contributed by atoms with Crippen LogP contribution in [0.4, 0.5) is 0 Å². The van der Waals surface area contributed by atoms with Crippen LogP contribution < -0.4 is 5.32 Å². The molecule has 1 aliphatic heterocycles. The van der Waals surface area contributed by atoms with E-state index >= 15 is 0 Å². The molecule has 0 amide bonds. The fourth-order valence-electron chi connectivity index (χ4n) is 2.42. The average Bonchev–Trinajstić information content (AvgIpc) is 2.41. The van der Waals surface area contributed by atoms with E-state index in [9.17, 15) is 8.42 Å². The highest BCUT2D eigenvalue weighted by Gasteiger charge is 2.29. The second-order valence-electron chi connectivity index (χ2n) is 5.38. The normalized spacial score (nSPS) is 18.4. The molecule has 1 aliphatic rings. The van der Waals surface area contributed by atoms with Gasteiger partial charge in [-0.2, -0.15) is 4.31 Å². The highest BCUT2D eigenvalue weighted by molar-refractivity contribution is 9.10. The standard InChI is InChI=1S/C14H21BrN2O2S/c1-11-5-7-17(8-6-11)20(18,19)14-9-12(10-16-2)3-4-13(14)15/h3-4,9,11,16H,5-8,10H2,1-2H3. The summed E-state index contributed by atoms with van der Waals surface area (Å²) in [6.07, 6.45) is 1.88. The van der Waals surface area contributed by atoms with E-state index in [4.69, 9.17) is 0 Å².